The number of aryl methyl sites for hydroxylation is 1. The molecule has 0 unspecified atom stereocenters. The molecule has 2 amide bonds. The molecule has 2 atom stereocenters. The van der Waals surface area contributed by atoms with Crippen LogP contribution in [-0.2, 0) is 40.4 Å². The number of carboxylic acid groups (broad SMARTS) is 1. The number of benzene rings is 1. The molecule has 0 bridgehead atoms. The number of anilines is 1. The Morgan fingerprint density at radius 1 is 1.26 bits per heavy atom. The number of hydrogen-bond donors (Lipinski definition) is 5. The van der Waals surface area contributed by atoms with Crippen molar-refractivity contribution in [3.63, 3.8) is 0 Å². The molecular formula is C26H32N8O10S2. The van der Waals surface area contributed by atoms with Gasteiger partial charge >= 0.3 is 16.4 Å². The van der Waals surface area contributed by atoms with Crippen molar-refractivity contribution >= 4 is 50.4 Å². The molecule has 0 aliphatic carbocycles. The van der Waals surface area contributed by atoms with Gasteiger partial charge in [-0.2, -0.15) is 13.5 Å². The van der Waals surface area contributed by atoms with Crippen LogP contribution in [0.15, 0.2) is 47.3 Å². The molecule has 20 heteroatoms. The normalized spacial score (nSPS) is 16.9. The molecule has 3 heterocycles. The summed E-state index contributed by atoms with van der Waals surface area (Å²) >= 11 is 0.989. The standard InChI is InChI=1S/C26H32N8O10S2/c1-26(2)17(23(36)34(26)44-46(39,40)41)10-29-22(35)21(19-13-45-25(28)31-19)32-43-20(24(37)38)12-42-16-6-4-15(5-7-16)18-11-33(14-30-18)9-3-8-27/h4-7,11,13-14,17,20H,3,8-10,12,27H2,1-2H3,(H2,28,31)(H,29,35)(H,37,38)(H,39,40,41)/b32-21-/t17-,20+/m1/s1. The molecular weight excluding hydrogens is 648 g/mol. The van der Waals surface area contributed by atoms with Crippen molar-refractivity contribution in [2.24, 2.45) is 16.8 Å². The van der Waals surface area contributed by atoms with Crippen LogP contribution in [-0.4, -0.2) is 92.5 Å². The van der Waals surface area contributed by atoms with Crippen molar-refractivity contribution in [2.45, 2.75) is 38.5 Å². The van der Waals surface area contributed by atoms with E-state index in [2.05, 4.69) is 24.7 Å². The first-order valence-corrected chi connectivity index (χ1v) is 15.9. The average molecular weight is 681 g/mol. The first kappa shape index (κ1) is 34.2. The molecule has 0 spiro atoms. The number of hydroxylamine groups is 2. The Bertz CT molecular complexity index is 1700. The van der Waals surface area contributed by atoms with Gasteiger partial charge in [0.1, 0.15) is 18.1 Å². The Hall–Kier alpha value is -4.63. The number of imidazole rings is 1. The van der Waals surface area contributed by atoms with Crippen molar-refractivity contribution in [2.75, 3.05) is 25.4 Å². The number of hydrogen-bond acceptors (Lipinski definition) is 14. The number of carbonyl (C=O) groups excluding carboxylic acids is 2. The van der Waals surface area contributed by atoms with Gasteiger partial charge in [0, 0.05) is 30.2 Å². The third-order valence-electron chi connectivity index (χ3n) is 6.84. The molecule has 4 rings (SSSR count). The van der Waals surface area contributed by atoms with Crippen LogP contribution in [0.2, 0.25) is 0 Å². The van der Waals surface area contributed by atoms with Crippen LogP contribution in [0.1, 0.15) is 26.0 Å². The quantitative estimate of drug-likeness (QED) is 0.0589. The first-order chi connectivity index (χ1) is 21.7. The second-order valence-corrected chi connectivity index (χ2v) is 12.4. The van der Waals surface area contributed by atoms with Crippen LogP contribution in [0.5, 0.6) is 5.75 Å². The number of thiazole rings is 1. The summed E-state index contributed by atoms with van der Waals surface area (Å²) in [5.41, 5.74) is 11.1. The zero-order chi connectivity index (χ0) is 33.6. The predicted octanol–water partition coefficient (Wildman–Crippen LogP) is 0.278. The number of rotatable bonds is 16. The van der Waals surface area contributed by atoms with Crippen LogP contribution in [0, 0.1) is 5.92 Å². The zero-order valence-electron chi connectivity index (χ0n) is 24.6. The van der Waals surface area contributed by atoms with E-state index < -0.39 is 58.1 Å². The van der Waals surface area contributed by atoms with E-state index >= 15 is 0 Å². The summed E-state index contributed by atoms with van der Waals surface area (Å²) in [6.45, 7) is 3.45. The van der Waals surface area contributed by atoms with E-state index in [0.29, 0.717) is 17.4 Å². The number of oxime groups is 1. The van der Waals surface area contributed by atoms with Crippen molar-refractivity contribution in [1.82, 2.24) is 24.9 Å². The van der Waals surface area contributed by atoms with E-state index in [1.54, 1.807) is 30.6 Å². The van der Waals surface area contributed by atoms with Gasteiger partial charge in [-0.1, -0.05) is 5.16 Å². The van der Waals surface area contributed by atoms with Crippen LogP contribution in [0.25, 0.3) is 11.3 Å². The molecule has 1 fully saturated rings. The lowest BCUT2D eigenvalue weighted by atomic mass is 9.78. The number of nitrogens with zero attached hydrogens (tertiary/aromatic N) is 5. The van der Waals surface area contributed by atoms with Gasteiger partial charge < -0.3 is 36.0 Å². The molecule has 18 nitrogen and oxygen atoms in total. The zero-order valence-corrected chi connectivity index (χ0v) is 26.2. The van der Waals surface area contributed by atoms with Crippen LogP contribution >= 0.6 is 11.3 Å². The highest BCUT2D eigenvalue weighted by Crippen LogP contribution is 2.37. The molecule has 46 heavy (non-hydrogen) atoms. The fraction of sp³-hybridized carbons (Fsp3) is 0.385. The molecule has 0 saturated carbocycles. The number of carboxylic acids is 1. The monoisotopic (exact) mass is 680 g/mol. The summed E-state index contributed by atoms with van der Waals surface area (Å²) < 4.78 is 42.8. The Morgan fingerprint density at radius 3 is 2.57 bits per heavy atom. The highest BCUT2D eigenvalue weighted by Gasteiger charge is 2.57. The summed E-state index contributed by atoms with van der Waals surface area (Å²) in [6, 6.07) is 6.80. The lowest BCUT2D eigenvalue weighted by Crippen LogP contribution is -2.70. The number of aromatic nitrogens is 3. The van der Waals surface area contributed by atoms with E-state index in [1.165, 1.54) is 19.2 Å². The molecule has 2 aromatic heterocycles. The highest BCUT2D eigenvalue weighted by molar-refractivity contribution is 7.80. The SMILES string of the molecule is CC1(C)[C@H](CNC(=O)/C(=N\O[C@@H](COc2ccc(-c3cn(CCCN)cn3)cc2)C(=O)O)c2csc(N)n2)C(=O)N1OS(=O)(=O)O. The molecule has 0 radical (unpaired) electrons. The number of carbonyl (C=O) groups is 3. The van der Waals surface area contributed by atoms with Gasteiger partial charge in [-0.25, -0.2) is 14.8 Å². The number of nitrogens with two attached hydrogens (primary N) is 2. The Balaban J connectivity index is 1.40. The fourth-order valence-corrected chi connectivity index (χ4v) is 5.31. The largest absolute Gasteiger partial charge is 0.489 e. The van der Waals surface area contributed by atoms with Gasteiger partial charge in [0.05, 0.1) is 23.5 Å². The number of amides is 2. The van der Waals surface area contributed by atoms with Crippen molar-refractivity contribution in [3.8, 4) is 17.0 Å². The molecule has 1 aliphatic heterocycles. The highest BCUT2D eigenvalue weighted by atomic mass is 32.3. The smallest absolute Gasteiger partial charge is 0.418 e. The van der Waals surface area contributed by atoms with Crippen molar-refractivity contribution < 1.29 is 46.3 Å². The van der Waals surface area contributed by atoms with E-state index in [0.717, 1.165) is 35.6 Å². The van der Waals surface area contributed by atoms with E-state index in [9.17, 15) is 27.9 Å². The maximum absolute atomic E-state index is 13.1. The summed E-state index contributed by atoms with van der Waals surface area (Å²) in [6.07, 6.45) is 2.78. The predicted molar refractivity (Wildman–Crippen MR) is 162 cm³/mol. The van der Waals surface area contributed by atoms with Crippen molar-refractivity contribution in [1.29, 1.82) is 0 Å². The topological polar surface area (TPSA) is 264 Å². The Labute approximate surface area is 266 Å². The summed E-state index contributed by atoms with van der Waals surface area (Å²) in [5, 5.41) is 17.9. The summed E-state index contributed by atoms with van der Waals surface area (Å²) in [7, 11) is -4.95. The number of nitrogens with one attached hydrogen (secondary N) is 1. The van der Waals surface area contributed by atoms with Crippen LogP contribution < -0.4 is 21.5 Å². The molecule has 1 aromatic carbocycles. The fourth-order valence-electron chi connectivity index (χ4n) is 4.31. The number of aliphatic carboxylic acids is 1. The molecule has 7 N–H and O–H groups in total. The Morgan fingerprint density at radius 2 is 1.98 bits per heavy atom. The number of ether oxygens (including phenoxy) is 1. The van der Waals surface area contributed by atoms with Gasteiger partial charge in [0.15, 0.2) is 10.8 Å². The van der Waals surface area contributed by atoms with Crippen LogP contribution in [0.3, 0.4) is 0 Å². The second kappa shape index (κ2) is 14.2. The van der Waals surface area contributed by atoms with Gasteiger partial charge in [0.25, 0.3) is 17.9 Å². The molecule has 1 aliphatic rings. The van der Waals surface area contributed by atoms with Gasteiger partial charge in [-0.15, -0.1) is 15.6 Å². The summed E-state index contributed by atoms with van der Waals surface area (Å²) in [4.78, 5) is 51.0. The van der Waals surface area contributed by atoms with Crippen molar-refractivity contribution in [3.05, 3.63) is 47.9 Å². The van der Waals surface area contributed by atoms with E-state index in [4.69, 9.17) is 25.6 Å². The summed E-state index contributed by atoms with van der Waals surface area (Å²) in [5.74, 6) is -3.74. The average Bonchev–Trinajstić information content (AvgIpc) is 3.65. The lowest BCUT2D eigenvalue weighted by Gasteiger charge is -2.50. The number of nitrogen functional groups attached to an aromatic ring is 1. The molecule has 3 aromatic rings. The second-order valence-electron chi connectivity index (χ2n) is 10.5. The van der Waals surface area contributed by atoms with E-state index in [-0.39, 0.29) is 17.4 Å². The third kappa shape index (κ3) is 8.34. The van der Waals surface area contributed by atoms with Gasteiger partial charge in [0.2, 0.25) is 0 Å². The van der Waals surface area contributed by atoms with Gasteiger partial charge in [-0.3, -0.25) is 14.1 Å². The third-order valence-corrected chi connectivity index (χ3v) is 7.85. The maximum atomic E-state index is 13.1. The van der Waals surface area contributed by atoms with E-state index in [1.807, 2.05) is 10.8 Å². The lowest BCUT2D eigenvalue weighted by molar-refractivity contribution is -0.227. The minimum absolute atomic E-state index is 0.0263. The minimum Gasteiger partial charge on any atom is -0.489 e. The van der Waals surface area contributed by atoms with Crippen LogP contribution in [0.4, 0.5) is 5.13 Å². The number of β-lactam (4-membered cyclic amide) rings is 1. The molecule has 1 saturated heterocycles. The van der Waals surface area contributed by atoms with Gasteiger partial charge in [-0.05, 0) is 51.1 Å². The first-order valence-electron chi connectivity index (χ1n) is 13.6. The minimum atomic E-state index is -4.95. The Kier molecular flexibility index (Phi) is 10.6. The molecule has 248 valence electrons. The maximum Gasteiger partial charge on any atom is 0.418 e.